The second kappa shape index (κ2) is 6.89. The lowest BCUT2D eigenvalue weighted by molar-refractivity contribution is -0.907. The largest absolute Gasteiger partial charge is 0.334 e. The maximum Gasteiger partial charge on any atom is 0.230 e. The standard InChI is InChI=1S/C17H26N2O/c1-13-6-7-15(3)16(11-13)18-17(20)8-10-19-9-4-5-14(2)12-19/h6-7,11,14H,4-5,8-10,12H2,1-3H3,(H,18,20)/p+1. The zero-order chi connectivity index (χ0) is 14.5. The Bertz CT molecular complexity index is 470. The van der Waals surface area contributed by atoms with E-state index in [-0.39, 0.29) is 5.91 Å². The topological polar surface area (TPSA) is 33.5 Å². The maximum atomic E-state index is 12.1. The number of amides is 1. The lowest BCUT2D eigenvalue weighted by atomic mass is 10.0. The molecule has 0 aliphatic carbocycles. The molecule has 1 saturated heterocycles. The predicted octanol–water partition coefficient (Wildman–Crippen LogP) is 1.95. The first-order chi connectivity index (χ1) is 9.54. The van der Waals surface area contributed by atoms with Crippen LogP contribution < -0.4 is 10.2 Å². The highest BCUT2D eigenvalue weighted by atomic mass is 16.1. The molecule has 1 aliphatic rings. The zero-order valence-corrected chi connectivity index (χ0v) is 13.0. The molecule has 110 valence electrons. The van der Waals surface area contributed by atoms with Crippen molar-refractivity contribution in [1.82, 2.24) is 0 Å². The molecule has 2 unspecified atom stereocenters. The van der Waals surface area contributed by atoms with Crippen molar-refractivity contribution in [1.29, 1.82) is 0 Å². The Kier molecular flexibility index (Phi) is 5.18. The Morgan fingerprint density at radius 1 is 1.40 bits per heavy atom. The fourth-order valence-corrected chi connectivity index (χ4v) is 3.00. The number of carbonyl (C=O) groups is 1. The Balaban J connectivity index is 1.82. The third kappa shape index (κ3) is 4.34. The normalized spacial score (nSPS) is 22.6. The highest BCUT2D eigenvalue weighted by Crippen LogP contribution is 2.16. The number of benzene rings is 1. The van der Waals surface area contributed by atoms with Gasteiger partial charge in [0, 0.05) is 11.6 Å². The first-order valence-electron chi connectivity index (χ1n) is 7.75. The van der Waals surface area contributed by atoms with Crippen molar-refractivity contribution in [3.8, 4) is 0 Å². The first kappa shape index (κ1) is 15.0. The van der Waals surface area contributed by atoms with Crippen LogP contribution in [0.4, 0.5) is 5.69 Å². The third-order valence-corrected chi connectivity index (χ3v) is 4.24. The number of quaternary nitrogens is 1. The van der Waals surface area contributed by atoms with E-state index in [9.17, 15) is 4.79 Å². The van der Waals surface area contributed by atoms with E-state index in [1.165, 1.54) is 31.5 Å². The van der Waals surface area contributed by atoms with Crippen LogP contribution in [-0.2, 0) is 4.79 Å². The van der Waals surface area contributed by atoms with Gasteiger partial charge in [0.25, 0.3) is 0 Å². The van der Waals surface area contributed by atoms with E-state index in [1.807, 2.05) is 19.9 Å². The minimum Gasteiger partial charge on any atom is -0.334 e. The van der Waals surface area contributed by atoms with Crippen LogP contribution in [0.2, 0.25) is 0 Å². The molecule has 2 N–H and O–H groups in total. The number of hydrogen-bond acceptors (Lipinski definition) is 1. The third-order valence-electron chi connectivity index (χ3n) is 4.24. The molecule has 2 rings (SSSR count). The summed E-state index contributed by atoms with van der Waals surface area (Å²) < 4.78 is 0. The molecule has 0 bridgehead atoms. The van der Waals surface area contributed by atoms with Gasteiger partial charge in [0.15, 0.2) is 0 Å². The van der Waals surface area contributed by atoms with Gasteiger partial charge in [-0.2, -0.15) is 0 Å². The van der Waals surface area contributed by atoms with Crippen molar-refractivity contribution in [3.05, 3.63) is 29.3 Å². The molecule has 0 spiro atoms. The summed E-state index contributed by atoms with van der Waals surface area (Å²) in [6.45, 7) is 9.80. The van der Waals surface area contributed by atoms with Crippen molar-refractivity contribution in [2.24, 2.45) is 5.92 Å². The molecule has 3 nitrogen and oxygen atoms in total. The molecule has 1 aliphatic heterocycles. The summed E-state index contributed by atoms with van der Waals surface area (Å²) in [5, 5.41) is 3.05. The van der Waals surface area contributed by atoms with Crippen LogP contribution in [0.15, 0.2) is 18.2 Å². The van der Waals surface area contributed by atoms with E-state index < -0.39 is 0 Å². The minimum absolute atomic E-state index is 0.143. The second-order valence-electron chi connectivity index (χ2n) is 6.32. The number of anilines is 1. The van der Waals surface area contributed by atoms with E-state index in [0.717, 1.165) is 23.7 Å². The van der Waals surface area contributed by atoms with Crippen molar-refractivity contribution < 1.29 is 9.69 Å². The highest BCUT2D eigenvalue weighted by molar-refractivity contribution is 5.91. The molecule has 3 heteroatoms. The molecule has 1 aromatic rings. The molecule has 1 aromatic carbocycles. The molecule has 2 atom stereocenters. The summed E-state index contributed by atoms with van der Waals surface area (Å²) in [5.41, 5.74) is 3.27. The SMILES string of the molecule is Cc1ccc(C)c(NC(=O)CC[NH+]2CCCC(C)C2)c1. The van der Waals surface area contributed by atoms with Gasteiger partial charge >= 0.3 is 0 Å². The Labute approximate surface area is 122 Å². The molecule has 1 heterocycles. The highest BCUT2D eigenvalue weighted by Gasteiger charge is 2.20. The summed E-state index contributed by atoms with van der Waals surface area (Å²) in [7, 11) is 0. The summed E-state index contributed by atoms with van der Waals surface area (Å²) in [4.78, 5) is 13.7. The van der Waals surface area contributed by atoms with Crippen molar-refractivity contribution in [2.45, 2.75) is 40.0 Å². The second-order valence-corrected chi connectivity index (χ2v) is 6.32. The van der Waals surface area contributed by atoms with E-state index in [4.69, 9.17) is 0 Å². The molecule has 0 aromatic heterocycles. The summed E-state index contributed by atoms with van der Waals surface area (Å²) in [6, 6.07) is 6.18. The smallest absolute Gasteiger partial charge is 0.230 e. The van der Waals surface area contributed by atoms with E-state index >= 15 is 0 Å². The molecule has 0 radical (unpaired) electrons. The molecular weight excluding hydrogens is 248 g/mol. The van der Waals surface area contributed by atoms with Gasteiger partial charge in [0.2, 0.25) is 5.91 Å². The fourth-order valence-electron chi connectivity index (χ4n) is 3.00. The van der Waals surface area contributed by atoms with Gasteiger partial charge < -0.3 is 10.2 Å². The van der Waals surface area contributed by atoms with Crippen LogP contribution in [0.1, 0.15) is 37.3 Å². The Morgan fingerprint density at radius 3 is 2.95 bits per heavy atom. The van der Waals surface area contributed by atoms with E-state index in [1.54, 1.807) is 4.90 Å². The van der Waals surface area contributed by atoms with Gasteiger partial charge in [-0.15, -0.1) is 0 Å². The van der Waals surface area contributed by atoms with Gasteiger partial charge in [-0.05, 0) is 43.9 Å². The number of hydrogen-bond donors (Lipinski definition) is 2. The molecule has 1 fully saturated rings. The van der Waals surface area contributed by atoms with E-state index in [2.05, 4.69) is 24.4 Å². The van der Waals surface area contributed by atoms with E-state index in [0.29, 0.717) is 6.42 Å². The van der Waals surface area contributed by atoms with Crippen molar-refractivity contribution in [2.75, 3.05) is 25.0 Å². The minimum atomic E-state index is 0.143. The Morgan fingerprint density at radius 2 is 2.20 bits per heavy atom. The van der Waals surface area contributed by atoms with Crippen LogP contribution in [0.5, 0.6) is 0 Å². The van der Waals surface area contributed by atoms with Crippen LogP contribution in [0.25, 0.3) is 0 Å². The van der Waals surface area contributed by atoms with Gasteiger partial charge in [0.05, 0.1) is 26.1 Å². The number of piperidine rings is 1. The van der Waals surface area contributed by atoms with Crippen molar-refractivity contribution >= 4 is 11.6 Å². The summed E-state index contributed by atoms with van der Waals surface area (Å²) in [6.07, 6.45) is 3.27. The number of carbonyl (C=O) groups excluding carboxylic acids is 1. The summed E-state index contributed by atoms with van der Waals surface area (Å²) >= 11 is 0. The first-order valence-corrected chi connectivity index (χ1v) is 7.75. The monoisotopic (exact) mass is 275 g/mol. The number of aryl methyl sites for hydroxylation is 2. The van der Waals surface area contributed by atoms with Crippen LogP contribution in [-0.4, -0.2) is 25.5 Å². The van der Waals surface area contributed by atoms with Crippen LogP contribution in [0, 0.1) is 19.8 Å². The maximum absolute atomic E-state index is 12.1. The molecule has 20 heavy (non-hydrogen) atoms. The van der Waals surface area contributed by atoms with Gasteiger partial charge in [-0.3, -0.25) is 4.79 Å². The fraction of sp³-hybridized carbons (Fsp3) is 0.588. The average molecular weight is 275 g/mol. The van der Waals surface area contributed by atoms with Gasteiger partial charge in [-0.1, -0.05) is 19.1 Å². The average Bonchev–Trinajstić information content (AvgIpc) is 2.41. The lowest BCUT2D eigenvalue weighted by Gasteiger charge is -2.27. The molecule has 0 saturated carbocycles. The Hall–Kier alpha value is -1.35. The lowest BCUT2D eigenvalue weighted by Crippen LogP contribution is -3.13. The van der Waals surface area contributed by atoms with Crippen molar-refractivity contribution in [3.63, 3.8) is 0 Å². The number of nitrogens with one attached hydrogen (secondary N) is 2. The summed E-state index contributed by atoms with van der Waals surface area (Å²) in [5.74, 6) is 0.949. The number of likely N-dealkylation sites (tertiary alicyclic amines) is 1. The van der Waals surface area contributed by atoms with Gasteiger partial charge in [0.1, 0.15) is 0 Å². The van der Waals surface area contributed by atoms with Crippen LogP contribution >= 0.6 is 0 Å². The molecular formula is C17H27N2O+. The predicted molar refractivity (Wildman–Crippen MR) is 83.1 cm³/mol. The quantitative estimate of drug-likeness (QED) is 0.865. The number of rotatable bonds is 4. The van der Waals surface area contributed by atoms with Gasteiger partial charge in [-0.25, -0.2) is 0 Å². The molecule has 1 amide bonds. The van der Waals surface area contributed by atoms with Crippen LogP contribution in [0.3, 0.4) is 0 Å². The zero-order valence-electron chi connectivity index (χ0n) is 13.0.